The Morgan fingerprint density at radius 3 is 2.33 bits per heavy atom. The van der Waals surface area contributed by atoms with Crippen LogP contribution in [0, 0.1) is 13.8 Å². The summed E-state index contributed by atoms with van der Waals surface area (Å²) in [5.74, 6) is 0. The summed E-state index contributed by atoms with van der Waals surface area (Å²) in [6.45, 7) is 3.74. The van der Waals surface area contributed by atoms with Gasteiger partial charge in [0.05, 0.1) is 10.6 Å². The van der Waals surface area contributed by atoms with Crippen LogP contribution in [0.25, 0.3) is 0 Å². The molecule has 0 bridgehead atoms. The Bertz CT molecular complexity index is 332. The molecule has 3 heteroatoms. The second-order valence-electron chi connectivity index (χ2n) is 2.64. The molecule has 0 saturated carbocycles. The normalized spacial score (nSPS) is 10.0. The van der Waals surface area contributed by atoms with Gasteiger partial charge in [-0.2, -0.15) is 0 Å². The average molecular weight is 203 g/mol. The maximum absolute atomic E-state index is 10.9. The maximum atomic E-state index is 10.9. The Balaban J connectivity index is 3.43. The third-order valence-corrected chi connectivity index (χ3v) is 2.39. The molecule has 0 unspecified atom stereocenters. The molecule has 1 aromatic rings. The van der Waals surface area contributed by atoms with Crippen LogP contribution in [0.15, 0.2) is 12.1 Å². The summed E-state index contributed by atoms with van der Waals surface area (Å²) >= 11 is 11.2. The summed E-state index contributed by atoms with van der Waals surface area (Å²) in [4.78, 5) is 10.9. The van der Waals surface area contributed by atoms with E-state index in [1.54, 1.807) is 6.07 Å². The predicted octanol–water partition coefficient (Wildman–Crippen LogP) is 3.34. The number of hydrogen-bond donors (Lipinski definition) is 0. The fourth-order valence-corrected chi connectivity index (χ4v) is 1.61. The van der Waals surface area contributed by atoms with Crippen LogP contribution in [0.1, 0.15) is 21.5 Å². The van der Waals surface area contributed by atoms with E-state index in [0.717, 1.165) is 11.1 Å². The first-order valence-electron chi connectivity index (χ1n) is 3.49. The SMILES string of the molecule is Cc1ccc(Cl)c(C(=O)Cl)c1C. The molecule has 0 aliphatic rings. The van der Waals surface area contributed by atoms with E-state index in [0.29, 0.717) is 10.6 Å². The summed E-state index contributed by atoms with van der Waals surface area (Å²) in [5, 5.41) is -0.0840. The van der Waals surface area contributed by atoms with E-state index in [1.807, 2.05) is 19.9 Å². The number of aryl methyl sites for hydroxylation is 1. The Morgan fingerprint density at radius 2 is 1.92 bits per heavy atom. The lowest BCUT2D eigenvalue weighted by Crippen LogP contribution is -1.96. The van der Waals surface area contributed by atoms with Crippen molar-refractivity contribution in [2.45, 2.75) is 13.8 Å². The summed E-state index contributed by atoms with van der Waals surface area (Å²) in [6.07, 6.45) is 0. The first kappa shape index (κ1) is 9.56. The standard InChI is InChI=1S/C9H8Cl2O/c1-5-3-4-7(10)8(6(5)2)9(11)12/h3-4H,1-2H3. The van der Waals surface area contributed by atoms with Crippen LogP contribution in [-0.2, 0) is 0 Å². The number of carbonyl (C=O) groups is 1. The highest BCUT2D eigenvalue weighted by molar-refractivity contribution is 6.69. The van der Waals surface area contributed by atoms with Crippen LogP contribution in [0.4, 0.5) is 0 Å². The number of carbonyl (C=O) groups excluding carboxylic acids is 1. The Labute approximate surface area is 81.3 Å². The van der Waals surface area contributed by atoms with Crippen LogP contribution in [-0.4, -0.2) is 5.24 Å². The quantitative estimate of drug-likeness (QED) is 0.639. The molecule has 0 amide bonds. The van der Waals surface area contributed by atoms with E-state index in [2.05, 4.69) is 0 Å². The van der Waals surface area contributed by atoms with Crippen LogP contribution in [0.3, 0.4) is 0 Å². The smallest absolute Gasteiger partial charge is 0.254 e. The molecule has 0 fully saturated rings. The van der Waals surface area contributed by atoms with Crippen LogP contribution in [0.2, 0.25) is 5.02 Å². The van der Waals surface area contributed by atoms with Crippen molar-refractivity contribution in [3.63, 3.8) is 0 Å². The van der Waals surface area contributed by atoms with E-state index in [1.165, 1.54) is 0 Å². The van der Waals surface area contributed by atoms with Gasteiger partial charge < -0.3 is 0 Å². The zero-order valence-electron chi connectivity index (χ0n) is 6.82. The molecular weight excluding hydrogens is 195 g/mol. The van der Waals surface area contributed by atoms with Gasteiger partial charge in [-0.3, -0.25) is 4.79 Å². The Hall–Kier alpha value is -0.530. The first-order valence-corrected chi connectivity index (χ1v) is 4.25. The second kappa shape index (κ2) is 3.46. The lowest BCUT2D eigenvalue weighted by Gasteiger charge is -2.05. The molecule has 0 radical (unpaired) electrons. The summed E-state index contributed by atoms with van der Waals surface area (Å²) < 4.78 is 0. The molecule has 0 N–H and O–H groups in total. The molecule has 1 rings (SSSR count). The number of rotatable bonds is 1. The molecule has 0 heterocycles. The van der Waals surface area contributed by atoms with E-state index < -0.39 is 5.24 Å². The molecule has 64 valence electrons. The van der Waals surface area contributed by atoms with Crippen molar-refractivity contribution in [1.82, 2.24) is 0 Å². The second-order valence-corrected chi connectivity index (χ2v) is 3.39. The zero-order valence-corrected chi connectivity index (χ0v) is 8.33. The third kappa shape index (κ3) is 1.62. The lowest BCUT2D eigenvalue weighted by molar-refractivity contribution is 0.108. The molecule has 1 nitrogen and oxygen atoms in total. The minimum absolute atomic E-state index is 0.415. The van der Waals surface area contributed by atoms with Gasteiger partial charge in [-0.1, -0.05) is 17.7 Å². The van der Waals surface area contributed by atoms with Crippen molar-refractivity contribution < 1.29 is 4.79 Å². The summed E-state index contributed by atoms with van der Waals surface area (Å²) in [5.41, 5.74) is 2.28. The highest BCUT2D eigenvalue weighted by atomic mass is 35.5. The van der Waals surface area contributed by atoms with Gasteiger partial charge in [0.15, 0.2) is 0 Å². The molecule has 12 heavy (non-hydrogen) atoms. The van der Waals surface area contributed by atoms with E-state index >= 15 is 0 Å². The van der Waals surface area contributed by atoms with Crippen LogP contribution < -0.4 is 0 Å². The monoisotopic (exact) mass is 202 g/mol. The molecular formula is C9H8Cl2O. The largest absolute Gasteiger partial charge is 0.276 e. The van der Waals surface area contributed by atoms with Crippen molar-refractivity contribution in [3.05, 3.63) is 33.8 Å². The molecule has 0 saturated heterocycles. The minimum Gasteiger partial charge on any atom is -0.276 e. The zero-order chi connectivity index (χ0) is 9.30. The van der Waals surface area contributed by atoms with Gasteiger partial charge in [0.2, 0.25) is 0 Å². The molecule has 0 aliphatic carbocycles. The average Bonchev–Trinajstić information content (AvgIpc) is 1.97. The van der Waals surface area contributed by atoms with E-state index in [9.17, 15) is 4.79 Å². The highest BCUT2D eigenvalue weighted by Crippen LogP contribution is 2.23. The van der Waals surface area contributed by atoms with Crippen molar-refractivity contribution >= 4 is 28.4 Å². The molecule has 0 atom stereocenters. The van der Waals surface area contributed by atoms with Crippen molar-refractivity contribution in [3.8, 4) is 0 Å². The number of halogens is 2. The fraction of sp³-hybridized carbons (Fsp3) is 0.222. The van der Waals surface area contributed by atoms with Crippen molar-refractivity contribution in [2.75, 3.05) is 0 Å². The molecule has 0 spiro atoms. The van der Waals surface area contributed by atoms with E-state index in [4.69, 9.17) is 23.2 Å². The summed E-state index contributed by atoms with van der Waals surface area (Å²) in [7, 11) is 0. The van der Waals surface area contributed by atoms with Crippen LogP contribution >= 0.6 is 23.2 Å². The van der Waals surface area contributed by atoms with Gasteiger partial charge in [0.25, 0.3) is 5.24 Å². The third-order valence-electron chi connectivity index (χ3n) is 1.88. The predicted molar refractivity (Wildman–Crippen MR) is 51.1 cm³/mol. The van der Waals surface area contributed by atoms with Crippen LogP contribution in [0.5, 0.6) is 0 Å². The minimum atomic E-state index is -0.499. The van der Waals surface area contributed by atoms with Gasteiger partial charge in [0.1, 0.15) is 0 Å². The van der Waals surface area contributed by atoms with Gasteiger partial charge in [-0.25, -0.2) is 0 Å². The van der Waals surface area contributed by atoms with Gasteiger partial charge in [-0.15, -0.1) is 0 Å². The van der Waals surface area contributed by atoms with E-state index in [-0.39, 0.29) is 0 Å². The number of hydrogen-bond acceptors (Lipinski definition) is 1. The Kier molecular flexibility index (Phi) is 2.76. The number of benzene rings is 1. The highest BCUT2D eigenvalue weighted by Gasteiger charge is 2.11. The van der Waals surface area contributed by atoms with Crippen molar-refractivity contribution in [1.29, 1.82) is 0 Å². The molecule has 1 aromatic carbocycles. The molecule has 0 aliphatic heterocycles. The first-order chi connectivity index (χ1) is 5.54. The van der Waals surface area contributed by atoms with Gasteiger partial charge >= 0.3 is 0 Å². The maximum Gasteiger partial charge on any atom is 0.254 e. The topological polar surface area (TPSA) is 17.1 Å². The van der Waals surface area contributed by atoms with Crippen molar-refractivity contribution in [2.24, 2.45) is 0 Å². The fourth-order valence-electron chi connectivity index (χ4n) is 1.02. The lowest BCUT2D eigenvalue weighted by atomic mass is 10.0. The summed E-state index contributed by atoms with van der Waals surface area (Å²) in [6, 6.07) is 3.54. The molecule has 0 aromatic heterocycles. The van der Waals surface area contributed by atoms with Gasteiger partial charge in [-0.05, 0) is 42.6 Å². The van der Waals surface area contributed by atoms with Gasteiger partial charge in [0, 0.05) is 0 Å². The Morgan fingerprint density at radius 1 is 1.33 bits per heavy atom.